The number of aryl methyl sites for hydroxylation is 1. The van der Waals surface area contributed by atoms with Gasteiger partial charge in [0.1, 0.15) is 0 Å². The Morgan fingerprint density at radius 1 is 1.00 bits per heavy atom. The topological polar surface area (TPSA) is 84.2 Å². The van der Waals surface area contributed by atoms with Gasteiger partial charge in [0.2, 0.25) is 0 Å². The van der Waals surface area contributed by atoms with Gasteiger partial charge in [-0.15, -0.1) is 12.4 Å². The molecule has 0 saturated carbocycles. The first-order valence-corrected chi connectivity index (χ1v) is 8.07. The smallest absolute Gasteiger partial charge is 0.255 e. The molecule has 6 heteroatoms. The van der Waals surface area contributed by atoms with E-state index in [9.17, 15) is 9.59 Å². The highest BCUT2D eigenvalue weighted by Gasteiger charge is 2.13. The van der Waals surface area contributed by atoms with E-state index in [1.807, 2.05) is 25.1 Å². The number of benzene rings is 2. The van der Waals surface area contributed by atoms with Gasteiger partial charge in [-0.3, -0.25) is 9.59 Å². The van der Waals surface area contributed by atoms with E-state index in [1.165, 1.54) is 0 Å². The Labute approximate surface area is 154 Å². The van der Waals surface area contributed by atoms with Crippen LogP contribution in [0.2, 0.25) is 0 Å². The number of unbranched alkanes of at least 4 members (excludes halogenated alkanes) is 1. The van der Waals surface area contributed by atoms with E-state index in [2.05, 4.69) is 10.6 Å². The van der Waals surface area contributed by atoms with Gasteiger partial charge in [0, 0.05) is 12.1 Å². The van der Waals surface area contributed by atoms with Crippen molar-refractivity contribution in [2.24, 2.45) is 5.73 Å². The average Bonchev–Trinajstić information content (AvgIpc) is 2.59. The number of nitrogens with one attached hydrogen (secondary N) is 2. The van der Waals surface area contributed by atoms with Crippen LogP contribution in [-0.2, 0) is 0 Å². The fourth-order valence-electron chi connectivity index (χ4n) is 2.34. The Morgan fingerprint density at radius 3 is 2.48 bits per heavy atom. The highest BCUT2D eigenvalue weighted by molar-refractivity contribution is 6.09. The molecule has 5 nitrogen and oxygen atoms in total. The lowest BCUT2D eigenvalue weighted by molar-refractivity contribution is 0.0954. The van der Waals surface area contributed by atoms with Crippen LogP contribution in [0.15, 0.2) is 48.5 Å². The van der Waals surface area contributed by atoms with Crippen LogP contribution in [0.4, 0.5) is 5.69 Å². The zero-order valence-corrected chi connectivity index (χ0v) is 15.1. The van der Waals surface area contributed by atoms with E-state index in [-0.39, 0.29) is 24.2 Å². The fourth-order valence-corrected chi connectivity index (χ4v) is 2.34. The number of para-hydroxylation sites is 1. The van der Waals surface area contributed by atoms with Crippen LogP contribution in [0.5, 0.6) is 0 Å². The lowest BCUT2D eigenvalue weighted by Crippen LogP contribution is -2.26. The number of halogens is 1. The summed E-state index contributed by atoms with van der Waals surface area (Å²) < 4.78 is 0. The van der Waals surface area contributed by atoms with Gasteiger partial charge < -0.3 is 16.4 Å². The van der Waals surface area contributed by atoms with Crippen molar-refractivity contribution < 1.29 is 9.59 Å². The molecule has 0 fully saturated rings. The maximum Gasteiger partial charge on any atom is 0.255 e. The van der Waals surface area contributed by atoms with Crippen molar-refractivity contribution in [3.63, 3.8) is 0 Å². The highest BCUT2D eigenvalue weighted by Crippen LogP contribution is 2.16. The number of carbonyl (C=O) groups excluding carboxylic acids is 2. The second-order valence-corrected chi connectivity index (χ2v) is 5.62. The Balaban J connectivity index is 0.00000312. The summed E-state index contributed by atoms with van der Waals surface area (Å²) in [7, 11) is 0. The molecule has 2 rings (SSSR count). The van der Waals surface area contributed by atoms with Crippen LogP contribution in [-0.4, -0.2) is 24.9 Å². The zero-order chi connectivity index (χ0) is 17.4. The number of anilines is 1. The highest BCUT2D eigenvalue weighted by atomic mass is 35.5. The molecule has 0 bridgehead atoms. The summed E-state index contributed by atoms with van der Waals surface area (Å²) in [5, 5.41) is 5.67. The molecule has 0 atom stereocenters. The monoisotopic (exact) mass is 361 g/mol. The summed E-state index contributed by atoms with van der Waals surface area (Å²) in [5.41, 5.74) is 7.96. The molecule has 0 aliphatic carbocycles. The molecule has 4 N–H and O–H groups in total. The van der Waals surface area contributed by atoms with E-state index < -0.39 is 0 Å². The van der Waals surface area contributed by atoms with Crippen LogP contribution >= 0.6 is 12.4 Å². The third kappa shape index (κ3) is 6.21. The second-order valence-electron chi connectivity index (χ2n) is 5.62. The molecule has 0 aliphatic heterocycles. The molecular formula is C19H24ClN3O2. The quantitative estimate of drug-likeness (QED) is 0.662. The molecule has 0 spiro atoms. The molecule has 2 aromatic rings. The minimum Gasteiger partial charge on any atom is -0.352 e. The molecular weight excluding hydrogens is 338 g/mol. The van der Waals surface area contributed by atoms with Gasteiger partial charge in [-0.2, -0.15) is 0 Å². The molecule has 0 aliphatic rings. The summed E-state index contributed by atoms with van der Waals surface area (Å²) in [6, 6.07) is 14.3. The van der Waals surface area contributed by atoms with Crippen LogP contribution in [0.25, 0.3) is 0 Å². The minimum absolute atomic E-state index is 0. The zero-order valence-electron chi connectivity index (χ0n) is 14.2. The molecule has 0 aromatic heterocycles. The lowest BCUT2D eigenvalue weighted by atomic mass is 10.1. The number of hydrogen-bond acceptors (Lipinski definition) is 3. The molecule has 2 amide bonds. The SMILES string of the molecule is Cc1cccc(C(=O)Nc2ccccc2C(=O)NCCCCN)c1.Cl. The van der Waals surface area contributed by atoms with Gasteiger partial charge in [-0.25, -0.2) is 0 Å². The summed E-state index contributed by atoms with van der Waals surface area (Å²) in [5.74, 6) is -0.436. The van der Waals surface area contributed by atoms with Crippen molar-refractivity contribution in [3.8, 4) is 0 Å². The van der Waals surface area contributed by atoms with Gasteiger partial charge in [0.05, 0.1) is 11.3 Å². The predicted octanol–water partition coefficient (Wildman–Crippen LogP) is 3.14. The molecule has 2 aromatic carbocycles. The third-order valence-electron chi connectivity index (χ3n) is 3.62. The van der Waals surface area contributed by atoms with Crippen molar-refractivity contribution in [2.45, 2.75) is 19.8 Å². The summed E-state index contributed by atoms with van der Waals surface area (Å²) >= 11 is 0. The first kappa shape index (κ1) is 20.7. The summed E-state index contributed by atoms with van der Waals surface area (Å²) in [6.45, 7) is 3.11. The van der Waals surface area contributed by atoms with Gasteiger partial charge >= 0.3 is 0 Å². The predicted molar refractivity (Wildman–Crippen MR) is 103 cm³/mol. The van der Waals surface area contributed by atoms with Crippen LogP contribution in [0.3, 0.4) is 0 Å². The van der Waals surface area contributed by atoms with E-state index in [1.54, 1.807) is 30.3 Å². The maximum absolute atomic E-state index is 12.4. The summed E-state index contributed by atoms with van der Waals surface area (Å²) in [4.78, 5) is 24.7. The van der Waals surface area contributed by atoms with E-state index in [0.717, 1.165) is 18.4 Å². The largest absolute Gasteiger partial charge is 0.352 e. The molecule has 25 heavy (non-hydrogen) atoms. The van der Waals surface area contributed by atoms with Gasteiger partial charge in [0.25, 0.3) is 11.8 Å². The lowest BCUT2D eigenvalue weighted by Gasteiger charge is -2.11. The molecule has 0 unspecified atom stereocenters. The normalized spacial score (nSPS) is 9.84. The van der Waals surface area contributed by atoms with Crippen molar-refractivity contribution in [1.29, 1.82) is 0 Å². The Bertz CT molecular complexity index is 719. The number of carbonyl (C=O) groups is 2. The molecule has 134 valence electrons. The second kappa shape index (κ2) is 10.5. The Hall–Kier alpha value is -2.37. The first-order valence-electron chi connectivity index (χ1n) is 8.07. The van der Waals surface area contributed by atoms with E-state index >= 15 is 0 Å². The van der Waals surface area contributed by atoms with Crippen molar-refractivity contribution in [1.82, 2.24) is 5.32 Å². The minimum atomic E-state index is -0.234. The summed E-state index contributed by atoms with van der Waals surface area (Å²) in [6.07, 6.45) is 1.70. The van der Waals surface area contributed by atoms with Crippen molar-refractivity contribution in [3.05, 3.63) is 65.2 Å². The first-order chi connectivity index (χ1) is 11.6. The Morgan fingerprint density at radius 2 is 1.76 bits per heavy atom. The molecule has 0 heterocycles. The van der Waals surface area contributed by atoms with Gasteiger partial charge in [0.15, 0.2) is 0 Å². The number of nitrogens with two attached hydrogens (primary N) is 1. The van der Waals surface area contributed by atoms with E-state index in [0.29, 0.717) is 29.9 Å². The third-order valence-corrected chi connectivity index (χ3v) is 3.62. The van der Waals surface area contributed by atoms with Gasteiger partial charge in [-0.1, -0.05) is 29.8 Å². The van der Waals surface area contributed by atoms with Crippen molar-refractivity contribution >= 4 is 29.9 Å². The maximum atomic E-state index is 12.4. The van der Waals surface area contributed by atoms with E-state index in [4.69, 9.17) is 5.73 Å². The van der Waals surface area contributed by atoms with Crippen LogP contribution in [0.1, 0.15) is 39.1 Å². The number of rotatable bonds is 7. The van der Waals surface area contributed by atoms with Crippen LogP contribution < -0.4 is 16.4 Å². The number of amides is 2. The standard InChI is InChI=1S/C19H23N3O2.ClH/c1-14-7-6-8-15(13-14)18(23)22-17-10-3-2-9-16(17)19(24)21-12-5-4-11-20;/h2-3,6-10,13H,4-5,11-12,20H2,1H3,(H,21,24)(H,22,23);1H. The van der Waals surface area contributed by atoms with Crippen molar-refractivity contribution in [2.75, 3.05) is 18.4 Å². The molecule has 0 saturated heterocycles. The Kier molecular flexibility index (Phi) is 8.67. The fraction of sp³-hybridized carbons (Fsp3) is 0.263. The number of hydrogen-bond donors (Lipinski definition) is 3. The molecule has 0 radical (unpaired) electrons. The van der Waals surface area contributed by atoms with Crippen LogP contribution in [0, 0.1) is 6.92 Å². The average molecular weight is 362 g/mol. The van der Waals surface area contributed by atoms with Gasteiger partial charge in [-0.05, 0) is 50.6 Å².